The highest BCUT2D eigenvalue weighted by atomic mass is 32.2. The van der Waals surface area contributed by atoms with Crippen molar-refractivity contribution in [3.05, 3.63) is 16.3 Å². The van der Waals surface area contributed by atoms with E-state index in [9.17, 15) is 4.79 Å². The maximum absolute atomic E-state index is 10.8. The fourth-order valence-electron chi connectivity index (χ4n) is 3.19. The van der Waals surface area contributed by atoms with E-state index >= 15 is 0 Å². The molecule has 0 bridgehead atoms. The van der Waals surface area contributed by atoms with Crippen LogP contribution in [0.25, 0.3) is 15.9 Å². The van der Waals surface area contributed by atoms with E-state index in [1.54, 1.807) is 11.3 Å². The number of hydrogen-bond acceptors (Lipinski definition) is 6. The van der Waals surface area contributed by atoms with Gasteiger partial charge in [-0.25, -0.2) is 4.98 Å². The number of aromatic nitrogens is 4. The van der Waals surface area contributed by atoms with Crippen LogP contribution in [-0.2, 0) is 17.6 Å². The standard InChI is InChI=1S/C15H16N4O2S2/c1-7-3-4-9-10(5-7)23-14-12(9)13-17-18-15(22-6-11(20)21)19(13)8(2)16-14/h7H,3-6H2,1-2H3,(H,20,21)/t7-/m1/s1. The molecule has 0 fully saturated rings. The maximum Gasteiger partial charge on any atom is 0.313 e. The van der Waals surface area contributed by atoms with Crippen LogP contribution in [0, 0.1) is 12.8 Å². The second kappa shape index (κ2) is 5.45. The smallest absolute Gasteiger partial charge is 0.313 e. The van der Waals surface area contributed by atoms with Crippen LogP contribution in [-0.4, -0.2) is 36.4 Å². The molecule has 1 N–H and O–H groups in total. The number of fused-ring (bicyclic) bond motifs is 5. The third-order valence-electron chi connectivity index (χ3n) is 4.26. The Hall–Kier alpha value is -1.67. The molecule has 120 valence electrons. The summed E-state index contributed by atoms with van der Waals surface area (Å²) in [4.78, 5) is 18.0. The first-order chi connectivity index (χ1) is 11.0. The summed E-state index contributed by atoms with van der Waals surface area (Å²) < 4.78 is 1.89. The second-order valence-electron chi connectivity index (χ2n) is 6.01. The third-order valence-corrected chi connectivity index (χ3v) is 6.32. The lowest BCUT2D eigenvalue weighted by Crippen LogP contribution is -2.08. The summed E-state index contributed by atoms with van der Waals surface area (Å²) in [5.41, 5.74) is 2.18. The van der Waals surface area contributed by atoms with Crippen molar-refractivity contribution in [1.82, 2.24) is 19.6 Å². The zero-order valence-electron chi connectivity index (χ0n) is 12.9. The van der Waals surface area contributed by atoms with E-state index in [1.807, 2.05) is 11.3 Å². The van der Waals surface area contributed by atoms with Gasteiger partial charge in [0.25, 0.3) is 0 Å². The van der Waals surface area contributed by atoms with Crippen LogP contribution in [0.1, 0.15) is 29.6 Å². The molecule has 0 saturated carbocycles. The molecule has 23 heavy (non-hydrogen) atoms. The van der Waals surface area contributed by atoms with Crippen molar-refractivity contribution in [1.29, 1.82) is 0 Å². The zero-order valence-corrected chi connectivity index (χ0v) is 14.5. The number of carboxylic acids is 1. The molecule has 0 radical (unpaired) electrons. The molecule has 3 heterocycles. The molecule has 1 aliphatic rings. The van der Waals surface area contributed by atoms with E-state index in [4.69, 9.17) is 10.1 Å². The predicted octanol–water partition coefficient (Wildman–Crippen LogP) is 2.95. The monoisotopic (exact) mass is 348 g/mol. The van der Waals surface area contributed by atoms with Crippen molar-refractivity contribution in [3.63, 3.8) is 0 Å². The van der Waals surface area contributed by atoms with Gasteiger partial charge in [0.05, 0.1) is 11.1 Å². The van der Waals surface area contributed by atoms with Gasteiger partial charge in [0.1, 0.15) is 10.7 Å². The first kappa shape index (κ1) is 14.9. The van der Waals surface area contributed by atoms with Crippen molar-refractivity contribution in [2.45, 2.75) is 38.3 Å². The number of carbonyl (C=O) groups is 1. The summed E-state index contributed by atoms with van der Waals surface area (Å²) in [6.07, 6.45) is 3.35. The molecule has 1 aliphatic carbocycles. The van der Waals surface area contributed by atoms with Crippen molar-refractivity contribution in [2.75, 3.05) is 5.75 Å². The van der Waals surface area contributed by atoms with Crippen LogP contribution in [0.5, 0.6) is 0 Å². The molecule has 0 amide bonds. The minimum Gasteiger partial charge on any atom is -0.481 e. The van der Waals surface area contributed by atoms with E-state index in [2.05, 4.69) is 17.1 Å². The molecule has 0 saturated heterocycles. The van der Waals surface area contributed by atoms with Crippen LogP contribution >= 0.6 is 23.1 Å². The normalized spacial score (nSPS) is 17.7. The Balaban J connectivity index is 1.92. The van der Waals surface area contributed by atoms with Crippen molar-refractivity contribution < 1.29 is 9.90 Å². The number of rotatable bonds is 3. The second-order valence-corrected chi connectivity index (χ2v) is 8.04. The molecule has 1 atom stereocenters. The summed E-state index contributed by atoms with van der Waals surface area (Å²) in [6.45, 7) is 4.21. The summed E-state index contributed by atoms with van der Waals surface area (Å²) in [5, 5.41) is 19.1. The molecule has 4 rings (SSSR count). The quantitative estimate of drug-likeness (QED) is 0.733. The third kappa shape index (κ3) is 2.40. The van der Waals surface area contributed by atoms with Crippen molar-refractivity contribution >= 4 is 44.9 Å². The van der Waals surface area contributed by atoms with Crippen molar-refractivity contribution in [3.8, 4) is 0 Å². The summed E-state index contributed by atoms with van der Waals surface area (Å²) in [7, 11) is 0. The van der Waals surface area contributed by atoms with E-state index in [-0.39, 0.29) is 5.75 Å². The predicted molar refractivity (Wildman–Crippen MR) is 90.5 cm³/mol. The van der Waals surface area contributed by atoms with Gasteiger partial charge in [-0.3, -0.25) is 9.20 Å². The SMILES string of the molecule is Cc1nc2sc3c(c2c2nnc(SCC(=O)O)n12)CC[C@@H](C)C3. The van der Waals surface area contributed by atoms with Gasteiger partial charge >= 0.3 is 5.97 Å². The number of aliphatic carboxylic acids is 1. The van der Waals surface area contributed by atoms with Crippen LogP contribution < -0.4 is 0 Å². The molecule has 8 heteroatoms. The average molecular weight is 348 g/mol. The lowest BCUT2D eigenvalue weighted by molar-refractivity contribution is -0.133. The van der Waals surface area contributed by atoms with Crippen LogP contribution in [0.3, 0.4) is 0 Å². The Labute approximate surface area is 140 Å². The molecule has 0 aliphatic heterocycles. The first-order valence-corrected chi connectivity index (χ1v) is 9.35. The van der Waals surface area contributed by atoms with Gasteiger partial charge < -0.3 is 5.11 Å². The van der Waals surface area contributed by atoms with E-state index < -0.39 is 5.97 Å². The highest BCUT2D eigenvalue weighted by Gasteiger charge is 2.24. The van der Waals surface area contributed by atoms with Gasteiger partial charge in [-0.2, -0.15) is 0 Å². The highest BCUT2D eigenvalue weighted by Crippen LogP contribution is 2.39. The fourth-order valence-corrected chi connectivity index (χ4v) is 5.31. The number of thioether (sulfide) groups is 1. The molecule has 3 aromatic rings. The Kier molecular flexibility index (Phi) is 3.53. The maximum atomic E-state index is 10.8. The van der Waals surface area contributed by atoms with Gasteiger partial charge in [0.2, 0.25) is 0 Å². The van der Waals surface area contributed by atoms with Crippen LogP contribution in [0.15, 0.2) is 5.16 Å². The fraction of sp³-hybridized carbons (Fsp3) is 0.467. The number of thiophene rings is 1. The minimum absolute atomic E-state index is 0.0302. The Morgan fingerprint density at radius 2 is 2.30 bits per heavy atom. The van der Waals surface area contributed by atoms with Gasteiger partial charge in [-0.15, -0.1) is 21.5 Å². The molecule has 6 nitrogen and oxygen atoms in total. The summed E-state index contributed by atoms with van der Waals surface area (Å²) >= 11 is 2.95. The van der Waals surface area contributed by atoms with Gasteiger partial charge in [-0.1, -0.05) is 18.7 Å². The molecule has 0 spiro atoms. The first-order valence-electron chi connectivity index (χ1n) is 7.55. The Bertz CT molecular complexity index is 931. The molecular weight excluding hydrogens is 332 g/mol. The largest absolute Gasteiger partial charge is 0.481 e. The van der Waals surface area contributed by atoms with Gasteiger partial charge in [0, 0.05) is 4.88 Å². The zero-order chi connectivity index (χ0) is 16.1. The van der Waals surface area contributed by atoms with Gasteiger partial charge in [0.15, 0.2) is 10.8 Å². The Morgan fingerprint density at radius 1 is 1.48 bits per heavy atom. The number of aryl methyl sites for hydroxylation is 2. The van der Waals surface area contributed by atoms with Crippen LogP contribution in [0.4, 0.5) is 0 Å². The number of carboxylic acid groups (broad SMARTS) is 1. The number of hydrogen-bond donors (Lipinski definition) is 1. The van der Waals surface area contributed by atoms with E-state index in [1.165, 1.54) is 28.6 Å². The topological polar surface area (TPSA) is 80.4 Å². The van der Waals surface area contributed by atoms with E-state index in [0.29, 0.717) is 11.1 Å². The number of nitrogens with zero attached hydrogens (tertiary/aromatic N) is 4. The van der Waals surface area contributed by atoms with E-state index in [0.717, 1.165) is 34.5 Å². The average Bonchev–Trinajstić information content (AvgIpc) is 3.05. The van der Waals surface area contributed by atoms with Crippen molar-refractivity contribution in [2.24, 2.45) is 5.92 Å². The molecular formula is C15H16N4O2S2. The molecule has 0 aromatic carbocycles. The lowest BCUT2D eigenvalue weighted by Gasteiger charge is -2.17. The Morgan fingerprint density at radius 3 is 3.09 bits per heavy atom. The minimum atomic E-state index is -0.861. The lowest BCUT2D eigenvalue weighted by atomic mass is 9.89. The van der Waals surface area contributed by atoms with Gasteiger partial charge in [-0.05, 0) is 37.7 Å². The molecule has 0 unspecified atom stereocenters. The summed E-state index contributed by atoms with van der Waals surface area (Å²) in [6, 6.07) is 0. The van der Waals surface area contributed by atoms with Crippen LogP contribution in [0.2, 0.25) is 0 Å². The highest BCUT2D eigenvalue weighted by molar-refractivity contribution is 7.99. The molecule has 3 aromatic heterocycles. The summed E-state index contributed by atoms with van der Waals surface area (Å²) in [5.74, 6) is 0.627.